The van der Waals surface area contributed by atoms with Crippen LogP contribution in [0.2, 0.25) is 0 Å². The van der Waals surface area contributed by atoms with Crippen molar-refractivity contribution < 1.29 is 9.47 Å². The van der Waals surface area contributed by atoms with Crippen LogP contribution in [0.15, 0.2) is 18.2 Å². The van der Waals surface area contributed by atoms with Crippen LogP contribution in [0.25, 0.3) is 0 Å². The van der Waals surface area contributed by atoms with Crippen molar-refractivity contribution in [1.82, 2.24) is 5.32 Å². The first kappa shape index (κ1) is 16.3. The average Bonchev–Trinajstić information content (AvgIpc) is 2.49. The molecule has 2 rings (SSSR count). The first-order valence-electron chi connectivity index (χ1n) is 8.06. The summed E-state index contributed by atoms with van der Waals surface area (Å²) in [6.07, 6.45) is 4.04. The number of hydrogen-bond acceptors (Lipinski definition) is 3. The molecular formula is C18H29NO2. The van der Waals surface area contributed by atoms with Crippen molar-refractivity contribution in [3.8, 4) is 5.75 Å². The van der Waals surface area contributed by atoms with Gasteiger partial charge in [-0.3, -0.25) is 0 Å². The van der Waals surface area contributed by atoms with Gasteiger partial charge in [0.2, 0.25) is 0 Å². The lowest BCUT2D eigenvalue weighted by atomic mass is 9.80. The molecule has 0 heterocycles. The highest BCUT2D eigenvalue weighted by atomic mass is 16.5. The Hall–Kier alpha value is -1.06. The van der Waals surface area contributed by atoms with Crippen LogP contribution in [-0.2, 0) is 17.9 Å². The summed E-state index contributed by atoms with van der Waals surface area (Å²) in [6, 6.07) is 6.32. The van der Waals surface area contributed by atoms with Gasteiger partial charge in [0.05, 0.1) is 19.8 Å². The molecule has 3 heteroatoms. The Morgan fingerprint density at radius 3 is 2.67 bits per heavy atom. The molecule has 0 aromatic heterocycles. The van der Waals surface area contributed by atoms with E-state index in [-0.39, 0.29) is 0 Å². The molecule has 1 N–H and O–H groups in total. The van der Waals surface area contributed by atoms with E-state index in [1.807, 2.05) is 13.1 Å². The van der Waals surface area contributed by atoms with E-state index < -0.39 is 0 Å². The predicted octanol–water partition coefficient (Wildman–Crippen LogP) is 3.76. The van der Waals surface area contributed by atoms with Gasteiger partial charge in [-0.15, -0.1) is 0 Å². The quantitative estimate of drug-likeness (QED) is 0.865. The fraction of sp³-hybridized carbons (Fsp3) is 0.667. The molecule has 118 valence electrons. The van der Waals surface area contributed by atoms with Gasteiger partial charge in [0.1, 0.15) is 5.75 Å². The molecule has 3 unspecified atom stereocenters. The highest BCUT2D eigenvalue weighted by Crippen LogP contribution is 2.32. The monoisotopic (exact) mass is 291 g/mol. The van der Waals surface area contributed by atoms with Crippen molar-refractivity contribution in [2.45, 2.75) is 52.4 Å². The molecule has 1 aliphatic carbocycles. The molecule has 0 spiro atoms. The average molecular weight is 291 g/mol. The second-order valence-electron chi connectivity index (χ2n) is 6.38. The summed E-state index contributed by atoms with van der Waals surface area (Å²) in [7, 11) is 3.69. The molecule has 0 radical (unpaired) electrons. The second-order valence-corrected chi connectivity index (χ2v) is 6.38. The largest absolute Gasteiger partial charge is 0.496 e. The van der Waals surface area contributed by atoms with E-state index in [1.165, 1.54) is 24.8 Å². The number of rotatable bonds is 6. The lowest BCUT2D eigenvalue weighted by Crippen LogP contribution is -2.26. The van der Waals surface area contributed by atoms with Crippen LogP contribution in [0.5, 0.6) is 5.75 Å². The zero-order chi connectivity index (χ0) is 15.2. The molecule has 1 aliphatic rings. The van der Waals surface area contributed by atoms with Gasteiger partial charge >= 0.3 is 0 Å². The van der Waals surface area contributed by atoms with E-state index in [0.29, 0.717) is 12.7 Å². The van der Waals surface area contributed by atoms with Crippen LogP contribution in [0.4, 0.5) is 0 Å². The SMILES string of the molecule is CNCc1ccc(OC)c(COC2CCC(C)C(C)C2)c1. The third-order valence-corrected chi connectivity index (χ3v) is 4.75. The number of methoxy groups -OCH3 is 1. The first-order valence-corrected chi connectivity index (χ1v) is 8.06. The summed E-state index contributed by atoms with van der Waals surface area (Å²) < 4.78 is 11.6. The van der Waals surface area contributed by atoms with Crippen molar-refractivity contribution >= 4 is 0 Å². The third kappa shape index (κ3) is 4.45. The summed E-state index contributed by atoms with van der Waals surface area (Å²) in [5.74, 6) is 2.52. The Morgan fingerprint density at radius 2 is 2.00 bits per heavy atom. The van der Waals surface area contributed by atoms with E-state index >= 15 is 0 Å². The Bertz CT molecular complexity index is 447. The molecular weight excluding hydrogens is 262 g/mol. The first-order chi connectivity index (χ1) is 10.1. The van der Waals surface area contributed by atoms with Crippen LogP contribution in [-0.4, -0.2) is 20.3 Å². The van der Waals surface area contributed by atoms with Gasteiger partial charge < -0.3 is 14.8 Å². The fourth-order valence-corrected chi connectivity index (χ4v) is 3.12. The number of benzene rings is 1. The molecule has 1 aromatic carbocycles. The number of hydrogen-bond donors (Lipinski definition) is 1. The lowest BCUT2D eigenvalue weighted by Gasteiger charge is -2.32. The minimum Gasteiger partial charge on any atom is -0.496 e. The van der Waals surface area contributed by atoms with E-state index in [9.17, 15) is 0 Å². The normalized spacial score (nSPS) is 25.8. The van der Waals surface area contributed by atoms with Gasteiger partial charge in [-0.2, -0.15) is 0 Å². The van der Waals surface area contributed by atoms with Gasteiger partial charge in [-0.1, -0.05) is 19.9 Å². The summed E-state index contributed by atoms with van der Waals surface area (Å²) >= 11 is 0. The maximum atomic E-state index is 6.16. The highest BCUT2D eigenvalue weighted by Gasteiger charge is 2.25. The summed E-state index contributed by atoms with van der Waals surface area (Å²) in [5, 5.41) is 3.18. The lowest BCUT2D eigenvalue weighted by molar-refractivity contribution is -0.00809. The summed E-state index contributed by atoms with van der Waals surface area (Å²) in [4.78, 5) is 0. The topological polar surface area (TPSA) is 30.5 Å². The van der Waals surface area contributed by atoms with Gasteiger partial charge in [0, 0.05) is 12.1 Å². The van der Waals surface area contributed by atoms with Crippen LogP contribution >= 0.6 is 0 Å². The van der Waals surface area contributed by atoms with Gasteiger partial charge in [-0.25, -0.2) is 0 Å². The third-order valence-electron chi connectivity index (χ3n) is 4.75. The standard InChI is InChI=1S/C18H29NO2/c1-13-5-7-17(9-14(13)2)21-12-16-10-15(11-19-3)6-8-18(16)20-4/h6,8,10,13-14,17,19H,5,7,9,11-12H2,1-4H3. The summed E-state index contributed by atoms with van der Waals surface area (Å²) in [6.45, 7) is 6.21. The minimum atomic E-state index is 0.397. The zero-order valence-corrected chi connectivity index (χ0v) is 13.8. The van der Waals surface area contributed by atoms with E-state index in [0.717, 1.165) is 29.7 Å². The van der Waals surface area contributed by atoms with Gasteiger partial charge in [-0.05, 0) is 55.8 Å². The highest BCUT2D eigenvalue weighted by molar-refractivity contribution is 5.36. The van der Waals surface area contributed by atoms with Crippen molar-refractivity contribution in [3.63, 3.8) is 0 Å². The van der Waals surface area contributed by atoms with Crippen molar-refractivity contribution in [2.24, 2.45) is 11.8 Å². The molecule has 0 bridgehead atoms. The van der Waals surface area contributed by atoms with Crippen molar-refractivity contribution in [3.05, 3.63) is 29.3 Å². The van der Waals surface area contributed by atoms with Crippen LogP contribution in [0.3, 0.4) is 0 Å². The molecule has 21 heavy (non-hydrogen) atoms. The molecule has 1 aromatic rings. The Kier molecular flexibility index (Phi) is 6.07. The molecule has 0 amide bonds. The number of ether oxygens (including phenoxy) is 2. The molecule has 0 aliphatic heterocycles. The van der Waals surface area contributed by atoms with Crippen LogP contribution in [0, 0.1) is 11.8 Å². The maximum Gasteiger partial charge on any atom is 0.124 e. The fourth-order valence-electron chi connectivity index (χ4n) is 3.12. The maximum absolute atomic E-state index is 6.16. The van der Waals surface area contributed by atoms with E-state index in [2.05, 4.69) is 31.3 Å². The smallest absolute Gasteiger partial charge is 0.124 e. The molecule has 3 nitrogen and oxygen atoms in total. The molecule has 0 saturated heterocycles. The second kappa shape index (κ2) is 7.81. The Balaban J connectivity index is 1.96. The Labute approximate surface area is 129 Å². The zero-order valence-electron chi connectivity index (χ0n) is 13.8. The van der Waals surface area contributed by atoms with Crippen LogP contribution < -0.4 is 10.1 Å². The van der Waals surface area contributed by atoms with E-state index in [1.54, 1.807) is 7.11 Å². The minimum absolute atomic E-state index is 0.397. The van der Waals surface area contributed by atoms with Gasteiger partial charge in [0.15, 0.2) is 0 Å². The molecule has 3 atom stereocenters. The van der Waals surface area contributed by atoms with Gasteiger partial charge in [0.25, 0.3) is 0 Å². The Morgan fingerprint density at radius 1 is 1.19 bits per heavy atom. The predicted molar refractivity (Wildman–Crippen MR) is 86.5 cm³/mol. The van der Waals surface area contributed by atoms with Crippen molar-refractivity contribution in [2.75, 3.05) is 14.2 Å². The molecule has 1 saturated carbocycles. The molecule has 1 fully saturated rings. The van der Waals surface area contributed by atoms with Crippen molar-refractivity contribution in [1.29, 1.82) is 0 Å². The number of nitrogens with one attached hydrogen (secondary N) is 1. The van der Waals surface area contributed by atoms with Crippen LogP contribution in [0.1, 0.15) is 44.2 Å². The van der Waals surface area contributed by atoms with E-state index in [4.69, 9.17) is 9.47 Å². The summed E-state index contributed by atoms with van der Waals surface area (Å²) in [5.41, 5.74) is 2.42.